The quantitative estimate of drug-likeness (QED) is 0.874. The van der Waals surface area contributed by atoms with Gasteiger partial charge >= 0.3 is 0 Å². The van der Waals surface area contributed by atoms with Crippen LogP contribution in [0.3, 0.4) is 0 Å². The molecule has 23 heavy (non-hydrogen) atoms. The zero-order chi connectivity index (χ0) is 17.4. The topological polar surface area (TPSA) is 49.0 Å². The van der Waals surface area contributed by atoms with Crippen molar-refractivity contribution in [2.75, 3.05) is 18.5 Å². The maximum absolute atomic E-state index is 14.2. The first-order chi connectivity index (χ1) is 10.7. The van der Waals surface area contributed by atoms with E-state index in [0.717, 1.165) is 0 Å². The third kappa shape index (κ3) is 3.15. The van der Waals surface area contributed by atoms with Gasteiger partial charge in [0.15, 0.2) is 0 Å². The molecule has 0 unspecified atom stereocenters. The van der Waals surface area contributed by atoms with Gasteiger partial charge in [-0.25, -0.2) is 13.8 Å². The van der Waals surface area contributed by atoms with E-state index in [1.54, 1.807) is 25.8 Å². The Kier molecular flexibility index (Phi) is 4.89. The van der Waals surface area contributed by atoms with E-state index in [2.05, 4.69) is 25.9 Å². The second kappa shape index (κ2) is 6.39. The van der Waals surface area contributed by atoms with Gasteiger partial charge in [-0.05, 0) is 48.8 Å². The number of hydrogen-bond donors (Lipinski definition) is 1. The van der Waals surface area contributed by atoms with Crippen LogP contribution in [0.25, 0.3) is 0 Å². The number of aromatic nitrogens is 2. The lowest BCUT2D eigenvalue weighted by atomic mass is 9.80. The molecule has 0 saturated heterocycles. The number of benzene rings is 1. The predicted octanol–water partition coefficient (Wildman–Crippen LogP) is 3.59. The molecule has 0 fully saturated rings. The van der Waals surface area contributed by atoms with Crippen molar-refractivity contribution in [3.63, 3.8) is 0 Å². The number of aromatic amines is 1. The molecule has 4 nitrogen and oxygen atoms in total. The van der Waals surface area contributed by atoms with Gasteiger partial charge in [0.1, 0.15) is 16.1 Å². The first-order valence-electron chi connectivity index (χ1n) is 7.16. The monoisotopic (exact) mass is 385 g/mol. The smallest absolute Gasteiger partial charge is 0.266 e. The number of anilines is 1. The van der Waals surface area contributed by atoms with Crippen molar-refractivity contribution in [2.24, 2.45) is 0 Å². The molecule has 0 aliphatic heterocycles. The van der Waals surface area contributed by atoms with Crippen LogP contribution < -0.4 is 10.5 Å². The molecule has 0 aliphatic rings. The Hall–Kier alpha value is -1.76. The van der Waals surface area contributed by atoms with Crippen molar-refractivity contribution < 1.29 is 8.78 Å². The zero-order valence-electron chi connectivity index (χ0n) is 13.4. The van der Waals surface area contributed by atoms with Gasteiger partial charge in [0.05, 0.1) is 5.69 Å². The number of nitrogens with one attached hydrogen (secondary N) is 1. The fourth-order valence-corrected chi connectivity index (χ4v) is 3.09. The second-order valence-electron chi connectivity index (χ2n) is 5.79. The molecule has 124 valence electrons. The number of nitrogens with zero attached hydrogens (tertiary/aromatic N) is 2. The molecule has 1 aromatic carbocycles. The highest BCUT2D eigenvalue weighted by atomic mass is 79.9. The van der Waals surface area contributed by atoms with Crippen LogP contribution in [0.5, 0.6) is 0 Å². The molecule has 0 amide bonds. The molecule has 0 aliphatic carbocycles. The molecular weight excluding hydrogens is 368 g/mol. The number of rotatable bonds is 4. The van der Waals surface area contributed by atoms with E-state index in [9.17, 15) is 13.6 Å². The van der Waals surface area contributed by atoms with E-state index >= 15 is 0 Å². The maximum atomic E-state index is 14.2. The van der Waals surface area contributed by atoms with Crippen molar-refractivity contribution in [2.45, 2.75) is 26.2 Å². The first-order valence-corrected chi connectivity index (χ1v) is 7.95. The molecule has 1 aromatic heterocycles. The predicted molar refractivity (Wildman–Crippen MR) is 90.0 cm³/mol. The maximum Gasteiger partial charge on any atom is 0.266 e. The van der Waals surface area contributed by atoms with Crippen molar-refractivity contribution >= 4 is 21.9 Å². The lowest BCUT2D eigenvalue weighted by molar-refractivity contribution is 0.486. The summed E-state index contributed by atoms with van der Waals surface area (Å²) in [5.74, 6) is -0.996. The average molecular weight is 386 g/mol. The molecule has 0 bridgehead atoms. The Labute approximate surface area is 141 Å². The third-order valence-electron chi connectivity index (χ3n) is 3.87. The molecule has 0 radical (unpaired) electrons. The van der Waals surface area contributed by atoms with E-state index in [4.69, 9.17) is 0 Å². The number of hydrogen-bond acceptors (Lipinski definition) is 3. The summed E-state index contributed by atoms with van der Waals surface area (Å²) in [5.41, 5.74) is -1.37. The SMILES string of the molecule is CCN(C)c1nc(C(C)(C)c2c(F)cccc2F)c(Br)c(=O)[nH]1. The Morgan fingerprint density at radius 3 is 2.39 bits per heavy atom. The van der Waals surface area contributed by atoms with Gasteiger partial charge in [0, 0.05) is 24.6 Å². The van der Waals surface area contributed by atoms with Gasteiger partial charge in [-0.1, -0.05) is 6.07 Å². The summed E-state index contributed by atoms with van der Waals surface area (Å²) in [4.78, 5) is 21.0. The van der Waals surface area contributed by atoms with E-state index in [1.165, 1.54) is 18.2 Å². The van der Waals surface area contributed by atoms with Crippen LogP contribution in [0, 0.1) is 11.6 Å². The van der Waals surface area contributed by atoms with Gasteiger partial charge in [-0.15, -0.1) is 0 Å². The minimum absolute atomic E-state index is 0.121. The Morgan fingerprint density at radius 2 is 1.87 bits per heavy atom. The Balaban J connectivity index is 2.73. The van der Waals surface area contributed by atoms with Crippen LogP contribution in [-0.2, 0) is 5.41 Å². The molecule has 7 heteroatoms. The molecule has 2 rings (SSSR count). The van der Waals surface area contributed by atoms with Gasteiger partial charge in [-0.2, -0.15) is 0 Å². The van der Waals surface area contributed by atoms with Crippen molar-refractivity contribution in [1.29, 1.82) is 0 Å². The van der Waals surface area contributed by atoms with Crippen LogP contribution >= 0.6 is 15.9 Å². The van der Waals surface area contributed by atoms with E-state index in [1.807, 2.05) is 6.92 Å². The Morgan fingerprint density at radius 1 is 1.30 bits per heavy atom. The lowest BCUT2D eigenvalue weighted by Gasteiger charge is -2.28. The fourth-order valence-electron chi connectivity index (χ4n) is 2.40. The average Bonchev–Trinajstić information content (AvgIpc) is 2.48. The molecular formula is C16H18BrF2N3O. The Bertz CT molecular complexity index is 769. The van der Waals surface area contributed by atoms with Gasteiger partial charge in [0.25, 0.3) is 5.56 Å². The van der Waals surface area contributed by atoms with Crippen LogP contribution in [0.4, 0.5) is 14.7 Å². The van der Waals surface area contributed by atoms with Crippen LogP contribution in [0.15, 0.2) is 27.5 Å². The third-order valence-corrected chi connectivity index (χ3v) is 4.60. The molecule has 0 atom stereocenters. The molecule has 0 saturated carbocycles. The highest BCUT2D eigenvalue weighted by Gasteiger charge is 2.34. The molecule has 2 aromatic rings. The number of halogens is 3. The number of H-pyrrole nitrogens is 1. The van der Waals surface area contributed by atoms with E-state index in [-0.39, 0.29) is 15.7 Å². The molecule has 0 spiro atoms. The summed E-state index contributed by atoms with van der Waals surface area (Å²) >= 11 is 3.20. The van der Waals surface area contributed by atoms with Crippen LogP contribution in [-0.4, -0.2) is 23.6 Å². The van der Waals surface area contributed by atoms with Crippen LogP contribution in [0.2, 0.25) is 0 Å². The second-order valence-corrected chi connectivity index (χ2v) is 6.58. The minimum Gasteiger partial charge on any atom is -0.346 e. The van der Waals surface area contributed by atoms with Crippen molar-refractivity contribution in [3.05, 3.63) is 55.9 Å². The van der Waals surface area contributed by atoms with Crippen LogP contribution in [0.1, 0.15) is 32.0 Å². The van der Waals surface area contributed by atoms with Crippen molar-refractivity contribution in [1.82, 2.24) is 9.97 Å². The highest BCUT2D eigenvalue weighted by molar-refractivity contribution is 9.10. The molecule has 1 N–H and O–H groups in total. The lowest BCUT2D eigenvalue weighted by Crippen LogP contribution is -2.31. The fraction of sp³-hybridized carbons (Fsp3) is 0.375. The van der Waals surface area contributed by atoms with Gasteiger partial charge < -0.3 is 4.90 Å². The summed E-state index contributed by atoms with van der Waals surface area (Å²) in [7, 11) is 1.77. The van der Waals surface area contributed by atoms with E-state index < -0.39 is 22.6 Å². The summed E-state index contributed by atoms with van der Waals surface area (Å²) in [6.07, 6.45) is 0. The highest BCUT2D eigenvalue weighted by Crippen LogP contribution is 2.36. The summed E-state index contributed by atoms with van der Waals surface area (Å²) in [6, 6.07) is 3.70. The summed E-state index contributed by atoms with van der Waals surface area (Å²) in [6.45, 7) is 5.80. The molecule has 1 heterocycles. The van der Waals surface area contributed by atoms with Gasteiger partial charge in [0.2, 0.25) is 5.95 Å². The van der Waals surface area contributed by atoms with E-state index in [0.29, 0.717) is 12.5 Å². The first kappa shape index (κ1) is 17.6. The zero-order valence-corrected chi connectivity index (χ0v) is 15.0. The summed E-state index contributed by atoms with van der Waals surface area (Å²) < 4.78 is 28.6. The normalized spacial score (nSPS) is 11.6. The van der Waals surface area contributed by atoms with Crippen molar-refractivity contribution in [3.8, 4) is 0 Å². The standard InChI is InChI=1S/C16H18BrF2N3O/c1-5-22(4)15-20-13(12(17)14(23)21-15)16(2,3)11-9(18)7-6-8-10(11)19/h6-8H,5H2,1-4H3,(H,20,21,23). The van der Waals surface area contributed by atoms with Gasteiger partial charge in [-0.3, -0.25) is 9.78 Å². The minimum atomic E-state index is -1.13. The summed E-state index contributed by atoms with van der Waals surface area (Å²) in [5, 5.41) is 0. The largest absolute Gasteiger partial charge is 0.346 e.